The summed E-state index contributed by atoms with van der Waals surface area (Å²) >= 11 is 0. The number of pyridine rings is 1. The van der Waals surface area contributed by atoms with Crippen molar-refractivity contribution < 1.29 is 0 Å². The number of rotatable bonds is 7. The first-order valence-corrected chi connectivity index (χ1v) is 6.91. The van der Waals surface area contributed by atoms with Crippen molar-refractivity contribution in [2.75, 3.05) is 19.6 Å². The Kier molecular flexibility index (Phi) is 6.30. The summed E-state index contributed by atoms with van der Waals surface area (Å²) < 4.78 is 0. The molecule has 1 unspecified atom stereocenters. The second-order valence-electron chi connectivity index (χ2n) is 5.34. The summed E-state index contributed by atoms with van der Waals surface area (Å²) in [5, 5.41) is 0. The molecule has 18 heavy (non-hydrogen) atoms. The molecule has 1 aromatic rings. The summed E-state index contributed by atoms with van der Waals surface area (Å²) in [4.78, 5) is 7.00. The van der Waals surface area contributed by atoms with E-state index in [1.807, 2.05) is 13.0 Å². The van der Waals surface area contributed by atoms with Crippen LogP contribution in [-0.4, -0.2) is 29.5 Å². The maximum absolute atomic E-state index is 5.85. The Hall–Kier alpha value is -0.930. The summed E-state index contributed by atoms with van der Waals surface area (Å²) in [6, 6.07) is 6.22. The molecule has 0 bridgehead atoms. The molecule has 0 spiro atoms. The molecule has 0 amide bonds. The monoisotopic (exact) mass is 249 g/mol. The zero-order chi connectivity index (χ0) is 13.5. The molecule has 3 heteroatoms. The minimum Gasteiger partial charge on any atom is -0.330 e. The van der Waals surface area contributed by atoms with Crippen molar-refractivity contribution in [3.8, 4) is 0 Å². The van der Waals surface area contributed by atoms with Gasteiger partial charge in [-0.15, -0.1) is 0 Å². The Morgan fingerprint density at radius 1 is 1.33 bits per heavy atom. The molecule has 0 radical (unpaired) electrons. The molecular weight excluding hydrogens is 222 g/mol. The van der Waals surface area contributed by atoms with Crippen molar-refractivity contribution in [2.24, 2.45) is 17.6 Å². The van der Waals surface area contributed by atoms with E-state index < -0.39 is 0 Å². The van der Waals surface area contributed by atoms with E-state index in [2.05, 4.69) is 42.8 Å². The predicted octanol–water partition coefficient (Wildman–Crippen LogP) is 2.44. The van der Waals surface area contributed by atoms with Crippen molar-refractivity contribution in [3.63, 3.8) is 0 Å². The molecule has 1 heterocycles. The highest BCUT2D eigenvalue weighted by Gasteiger charge is 2.15. The number of aromatic nitrogens is 1. The average molecular weight is 249 g/mol. The van der Waals surface area contributed by atoms with E-state index in [1.165, 1.54) is 0 Å². The lowest BCUT2D eigenvalue weighted by Gasteiger charge is -2.27. The van der Waals surface area contributed by atoms with E-state index >= 15 is 0 Å². The van der Waals surface area contributed by atoms with Gasteiger partial charge in [0.05, 0.1) is 5.69 Å². The molecule has 3 nitrogen and oxygen atoms in total. The van der Waals surface area contributed by atoms with Gasteiger partial charge < -0.3 is 5.73 Å². The van der Waals surface area contributed by atoms with E-state index in [1.54, 1.807) is 0 Å². The third-order valence-electron chi connectivity index (χ3n) is 3.52. The second kappa shape index (κ2) is 7.49. The van der Waals surface area contributed by atoms with E-state index in [9.17, 15) is 0 Å². The summed E-state index contributed by atoms with van der Waals surface area (Å²) in [7, 11) is 0. The van der Waals surface area contributed by atoms with Crippen LogP contribution in [0.4, 0.5) is 0 Å². The molecule has 1 atom stereocenters. The van der Waals surface area contributed by atoms with Crippen LogP contribution in [0.3, 0.4) is 0 Å². The summed E-state index contributed by atoms with van der Waals surface area (Å²) in [6.07, 6.45) is 0. The van der Waals surface area contributed by atoms with Gasteiger partial charge in [-0.2, -0.15) is 0 Å². The molecule has 1 rings (SSSR count). The topological polar surface area (TPSA) is 42.2 Å². The lowest BCUT2D eigenvalue weighted by atomic mass is 9.95. The lowest BCUT2D eigenvalue weighted by molar-refractivity contribution is 0.204. The number of hydrogen-bond donors (Lipinski definition) is 1. The fourth-order valence-electron chi connectivity index (χ4n) is 2.11. The van der Waals surface area contributed by atoms with Crippen LogP contribution in [0.2, 0.25) is 0 Å². The molecule has 102 valence electrons. The molecule has 0 aliphatic rings. The first-order chi connectivity index (χ1) is 8.56. The fourth-order valence-corrected chi connectivity index (χ4v) is 2.11. The quantitative estimate of drug-likeness (QED) is 0.807. The predicted molar refractivity (Wildman–Crippen MR) is 77.3 cm³/mol. The van der Waals surface area contributed by atoms with Crippen molar-refractivity contribution in [1.29, 1.82) is 0 Å². The second-order valence-corrected chi connectivity index (χ2v) is 5.34. The molecule has 0 fully saturated rings. The molecule has 2 N–H and O–H groups in total. The Morgan fingerprint density at radius 2 is 2.06 bits per heavy atom. The van der Waals surface area contributed by atoms with Gasteiger partial charge in [0.15, 0.2) is 0 Å². The SMILES string of the molecule is CCN(Cc1cccc(C)n1)CC(CN)C(C)C. The Bertz CT molecular complexity index is 349. The minimum absolute atomic E-state index is 0.565. The number of aryl methyl sites for hydroxylation is 1. The number of hydrogen-bond acceptors (Lipinski definition) is 3. The van der Waals surface area contributed by atoms with Crippen molar-refractivity contribution in [2.45, 2.75) is 34.2 Å². The Morgan fingerprint density at radius 3 is 2.56 bits per heavy atom. The molecule has 0 saturated heterocycles. The fraction of sp³-hybridized carbons (Fsp3) is 0.667. The average Bonchev–Trinajstić information content (AvgIpc) is 2.34. The third kappa shape index (κ3) is 4.75. The Labute approximate surface area is 111 Å². The summed E-state index contributed by atoms with van der Waals surface area (Å²) in [5.41, 5.74) is 8.09. The van der Waals surface area contributed by atoms with Gasteiger partial charge in [0.2, 0.25) is 0 Å². The van der Waals surface area contributed by atoms with Gasteiger partial charge in [-0.3, -0.25) is 9.88 Å². The molecule has 0 saturated carbocycles. The van der Waals surface area contributed by atoms with Gasteiger partial charge in [-0.25, -0.2) is 0 Å². The van der Waals surface area contributed by atoms with Gasteiger partial charge in [-0.05, 0) is 44.0 Å². The zero-order valence-electron chi connectivity index (χ0n) is 12.2. The van der Waals surface area contributed by atoms with Crippen molar-refractivity contribution in [1.82, 2.24) is 9.88 Å². The van der Waals surface area contributed by atoms with Crippen LogP contribution in [0.15, 0.2) is 18.2 Å². The van der Waals surface area contributed by atoms with E-state index in [-0.39, 0.29) is 0 Å². The van der Waals surface area contributed by atoms with Crippen LogP contribution in [-0.2, 0) is 6.54 Å². The van der Waals surface area contributed by atoms with Crippen molar-refractivity contribution >= 4 is 0 Å². The summed E-state index contributed by atoms with van der Waals surface area (Å²) in [5.74, 6) is 1.20. The van der Waals surface area contributed by atoms with Gasteiger partial charge in [-0.1, -0.05) is 26.8 Å². The van der Waals surface area contributed by atoms with Gasteiger partial charge >= 0.3 is 0 Å². The minimum atomic E-state index is 0.565. The highest BCUT2D eigenvalue weighted by molar-refractivity contribution is 5.09. The molecule has 0 aliphatic carbocycles. The largest absolute Gasteiger partial charge is 0.330 e. The van der Waals surface area contributed by atoms with Crippen LogP contribution in [0.5, 0.6) is 0 Å². The van der Waals surface area contributed by atoms with Gasteiger partial charge in [0, 0.05) is 18.8 Å². The lowest BCUT2D eigenvalue weighted by Crippen LogP contribution is -2.35. The van der Waals surface area contributed by atoms with E-state index in [4.69, 9.17) is 5.73 Å². The van der Waals surface area contributed by atoms with Crippen LogP contribution >= 0.6 is 0 Å². The zero-order valence-corrected chi connectivity index (χ0v) is 12.2. The first kappa shape index (κ1) is 15.1. The van der Waals surface area contributed by atoms with Crippen LogP contribution in [0.25, 0.3) is 0 Å². The molecule has 1 aromatic heterocycles. The maximum Gasteiger partial charge on any atom is 0.0547 e. The summed E-state index contributed by atoms with van der Waals surface area (Å²) in [6.45, 7) is 12.5. The molecule has 0 aliphatic heterocycles. The van der Waals surface area contributed by atoms with E-state index in [0.29, 0.717) is 11.8 Å². The number of nitrogens with two attached hydrogens (primary N) is 1. The van der Waals surface area contributed by atoms with Crippen LogP contribution in [0, 0.1) is 18.8 Å². The standard InChI is InChI=1S/C15H27N3/c1-5-18(10-14(9-16)12(2)3)11-15-8-6-7-13(4)17-15/h6-8,12,14H,5,9-11,16H2,1-4H3. The van der Waals surface area contributed by atoms with Crippen molar-refractivity contribution in [3.05, 3.63) is 29.6 Å². The van der Waals surface area contributed by atoms with Gasteiger partial charge in [0.25, 0.3) is 0 Å². The number of nitrogens with zero attached hydrogens (tertiary/aromatic N) is 2. The smallest absolute Gasteiger partial charge is 0.0547 e. The highest BCUT2D eigenvalue weighted by Crippen LogP contribution is 2.13. The highest BCUT2D eigenvalue weighted by atomic mass is 15.1. The van der Waals surface area contributed by atoms with Crippen LogP contribution in [0.1, 0.15) is 32.2 Å². The Balaban J connectivity index is 2.61. The molecular formula is C15H27N3. The van der Waals surface area contributed by atoms with E-state index in [0.717, 1.165) is 37.6 Å². The third-order valence-corrected chi connectivity index (χ3v) is 3.52. The van der Waals surface area contributed by atoms with Crippen LogP contribution < -0.4 is 5.73 Å². The normalized spacial score (nSPS) is 13.3. The molecule has 0 aromatic carbocycles. The van der Waals surface area contributed by atoms with Gasteiger partial charge in [0.1, 0.15) is 0 Å². The maximum atomic E-state index is 5.85. The first-order valence-electron chi connectivity index (χ1n) is 6.91.